The second kappa shape index (κ2) is 8.76. The van der Waals surface area contributed by atoms with Gasteiger partial charge in [-0.2, -0.15) is 0 Å². The second-order valence-electron chi connectivity index (χ2n) is 6.51. The summed E-state index contributed by atoms with van der Waals surface area (Å²) in [6.45, 7) is 4.35. The summed E-state index contributed by atoms with van der Waals surface area (Å²) in [5.41, 5.74) is 1.95. The molecule has 1 amide bonds. The fraction of sp³-hybridized carbons (Fsp3) is 0.227. The SMILES string of the molecule is CCOc1ccc(CNC(=O)c2ccc(N3CCOc4ccc(Cl)cc43)s2)cc1. The third kappa shape index (κ3) is 4.49. The molecule has 0 atom stereocenters. The lowest BCUT2D eigenvalue weighted by atomic mass is 10.2. The Morgan fingerprint density at radius 1 is 1.21 bits per heavy atom. The van der Waals surface area contributed by atoms with Crippen LogP contribution in [0, 0.1) is 0 Å². The molecule has 4 rings (SSSR count). The highest BCUT2D eigenvalue weighted by atomic mass is 35.5. The zero-order valence-electron chi connectivity index (χ0n) is 16.0. The Bertz CT molecular complexity index is 1000. The van der Waals surface area contributed by atoms with Gasteiger partial charge in [-0.1, -0.05) is 23.7 Å². The molecule has 0 unspecified atom stereocenters. The number of hydrogen-bond acceptors (Lipinski definition) is 5. The molecule has 0 fully saturated rings. The van der Waals surface area contributed by atoms with Crippen LogP contribution >= 0.6 is 22.9 Å². The van der Waals surface area contributed by atoms with Crippen molar-refractivity contribution in [1.82, 2.24) is 5.32 Å². The maximum Gasteiger partial charge on any atom is 0.261 e. The highest BCUT2D eigenvalue weighted by Gasteiger charge is 2.22. The normalized spacial score (nSPS) is 12.8. The van der Waals surface area contributed by atoms with E-state index in [1.807, 2.05) is 61.5 Å². The molecule has 0 aliphatic carbocycles. The molecule has 0 saturated carbocycles. The van der Waals surface area contributed by atoms with Crippen molar-refractivity contribution in [2.75, 3.05) is 24.7 Å². The number of benzene rings is 2. The Kier molecular flexibility index (Phi) is 5.92. The van der Waals surface area contributed by atoms with E-state index in [0.717, 1.165) is 27.8 Å². The minimum atomic E-state index is -0.0882. The predicted octanol–water partition coefficient (Wildman–Crippen LogP) is 5.26. The summed E-state index contributed by atoms with van der Waals surface area (Å²) >= 11 is 7.62. The molecule has 150 valence electrons. The number of carbonyl (C=O) groups excluding carboxylic acids is 1. The van der Waals surface area contributed by atoms with Crippen LogP contribution in [0.25, 0.3) is 0 Å². The van der Waals surface area contributed by atoms with E-state index in [1.165, 1.54) is 11.3 Å². The number of anilines is 2. The molecule has 7 heteroatoms. The average Bonchev–Trinajstić information content (AvgIpc) is 3.23. The van der Waals surface area contributed by atoms with Crippen LogP contribution in [-0.2, 0) is 6.54 Å². The quantitative estimate of drug-likeness (QED) is 0.581. The van der Waals surface area contributed by atoms with Crippen LogP contribution in [0.15, 0.2) is 54.6 Å². The molecule has 3 aromatic rings. The Morgan fingerprint density at radius 2 is 2.03 bits per heavy atom. The van der Waals surface area contributed by atoms with Crippen molar-refractivity contribution in [1.29, 1.82) is 0 Å². The Labute approximate surface area is 178 Å². The highest BCUT2D eigenvalue weighted by Crippen LogP contribution is 2.40. The van der Waals surface area contributed by atoms with Gasteiger partial charge in [-0.15, -0.1) is 11.3 Å². The van der Waals surface area contributed by atoms with Crippen LogP contribution in [0.3, 0.4) is 0 Å². The lowest BCUT2D eigenvalue weighted by molar-refractivity contribution is 0.0955. The number of nitrogens with zero attached hydrogens (tertiary/aromatic N) is 1. The van der Waals surface area contributed by atoms with E-state index < -0.39 is 0 Å². The summed E-state index contributed by atoms with van der Waals surface area (Å²) in [4.78, 5) is 15.4. The number of halogens is 1. The van der Waals surface area contributed by atoms with Gasteiger partial charge in [0, 0.05) is 11.6 Å². The number of ether oxygens (including phenoxy) is 2. The maximum atomic E-state index is 12.6. The third-order valence-electron chi connectivity index (χ3n) is 4.55. The Hall–Kier alpha value is -2.70. The van der Waals surface area contributed by atoms with Crippen LogP contribution in [0.4, 0.5) is 10.7 Å². The maximum absolute atomic E-state index is 12.6. The summed E-state index contributed by atoms with van der Waals surface area (Å²) in [6, 6.07) is 17.1. The molecule has 2 heterocycles. The van der Waals surface area contributed by atoms with Gasteiger partial charge < -0.3 is 19.7 Å². The van der Waals surface area contributed by atoms with E-state index in [1.54, 1.807) is 0 Å². The van der Waals surface area contributed by atoms with Gasteiger partial charge >= 0.3 is 0 Å². The Morgan fingerprint density at radius 3 is 2.83 bits per heavy atom. The lowest BCUT2D eigenvalue weighted by Gasteiger charge is -2.30. The highest BCUT2D eigenvalue weighted by molar-refractivity contribution is 7.18. The van der Waals surface area contributed by atoms with Crippen molar-refractivity contribution in [3.63, 3.8) is 0 Å². The van der Waals surface area contributed by atoms with E-state index in [9.17, 15) is 4.79 Å². The molecule has 1 N–H and O–H groups in total. The first-order valence-corrected chi connectivity index (χ1v) is 10.6. The van der Waals surface area contributed by atoms with Gasteiger partial charge in [-0.25, -0.2) is 0 Å². The summed E-state index contributed by atoms with van der Waals surface area (Å²) in [5.74, 6) is 1.54. The lowest BCUT2D eigenvalue weighted by Crippen LogP contribution is -2.27. The molecular weight excluding hydrogens is 408 g/mol. The van der Waals surface area contributed by atoms with Gasteiger partial charge in [0.05, 0.1) is 28.7 Å². The van der Waals surface area contributed by atoms with E-state index in [-0.39, 0.29) is 5.91 Å². The second-order valence-corrected chi connectivity index (χ2v) is 8.01. The molecule has 0 saturated heterocycles. The number of fused-ring (bicyclic) bond motifs is 1. The number of thiophene rings is 1. The van der Waals surface area contributed by atoms with Crippen molar-refractivity contribution in [2.45, 2.75) is 13.5 Å². The van der Waals surface area contributed by atoms with E-state index in [2.05, 4.69) is 10.2 Å². The Balaban J connectivity index is 1.43. The molecule has 29 heavy (non-hydrogen) atoms. The first-order valence-electron chi connectivity index (χ1n) is 9.43. The molecule has 5 nitrogen and oxygen atoms in total. The van der Waals surface area contributed by atoms with Gasteiger partial charge in [0.2, 0.25) is 0 Å². The average molecular weight is 429 g/mol. The standard InChI is InChI=1S/C22H21ClN2O3S/c1-2-27-17-6-3-15(4-7-17)14-24-22(26)20-9-10-21(29-20)25-11-12-28-19-8-5-16(23)13-18(19)25/h3-10,13H,2,11-12,14H2,1H3,(H,24,26). The molecule has 0 spiro atoms. The molecule has 0 radical (unpaired) electrons. The van der Waals surface area contributed by atoms with Crippen LogP contribution in [0.5, 0.6) is 11.5 Å². The fourth-order valence-electron chi connectivity index (χ4n) is 3.15. The smallest absolute Gasteiger partial charge is 0.261 e. The van der Waals surface area contributed by atoms with E-state index in [0.29, 0.717) is 36.2 Å². The number of carbonyl (C=O) groups is 1. The molecule has 1 aromatic heterocycles. The largest absolute Gasteiger partial charge is 0.494 e. The molecule has 2 aromatic carbocycles. The number of nitrogens with one attached hydrogen (secondary N) is 1. The van der Waals surface area contributed by atoms with Gasteiger partial charge in [-0.05, 0) is 55.0 Å². The van der Waals surface area contributed by atoms with Crippen LogP contribution in [0.2, 0.25) is 5.02 Å². The molecular formula is C22H21ClN2O3S. The van der Waals surface area contributed by atoms with Gasteiger partial charge in [0.25, 0.3) is 5.91 Å². The summed E-state index contributed by atoms with van der Waals surface area (Å²) in [5, 5.41) is 4.62. The summed E-state index contributed by atoms with van der Waals surface area (Å²) in [6.07, 6.45) is 0. The van der Waals surface area contributed by atoms with Crippen LogP contribution in [0.1, 0.15) is 22.2 Å². The summed E-state index contributed by atoms with van der Waals surface area (Å²) in [7, 11) is 0. The minimum absolute atomic E-state index is 0.0882. The van der Waals surface area contributed by atoms with Gasteiger partial charge in [-0.3, -0.25) is 4.79 Å². The third-order valence-corrected chi connectivity index (χ3v) is 5.90. The molecule has 1 aliphatic heterocycles. The van der Waals surface area contributed by atoms with E-state index >= 15 is 0 Å². The number of rotatable bonds is 6. The zero-order chi connectivity index (χ0) is 20.2. The molecule has 1 aliphatic rings. The fourth-order valence-corrected chi connectivity index (χ4v) is 4.28. The predicted molar refractivity (Wildman–Crippen MR) is 117 cm³/mol. The first kappa shape index (κ1) is 19.6. The number of hydrogen-bond donors (Lipinski definition) is 1. The summed E-state index contributed by atoms with van der Waals surface area (Å²) < 4.78 is 11.2. The monoisotopic (exact) mass is 428 g/mol. The van der Waals surface area contributed by atoms with Gasteiger partial charge in [0.1, 0.15) is 18.1 Å². The van der Waals surface area contributed by atoms with Crippen molar-refractivity contribution >= 4 is 39.5 Å². The molecule has 0 bridgehead atoms. The van der Waals surface area contributed by atoms with Crippen LogP contribution < -0.4 is 19.7 Å². The van der Waals surface area contributed by atoms with Crippen molar-refractivity contribution < 1.29 is 14.3 Å². The van der Waals surface area contributed by atoms with Crippen molar-refractivity contribution in [3.8, 4) is 11.5 Å². The first-order chi connectivity index (χ1) is 14.1. The zero-order valence-corrected chi connectivity index (χ0v) is 17.6. The van der Waals surface area contributed by atoms with E-state index in [4.69, 9.17) is 21.1 Å². The number of amides is 1. The van der Waals surface area contributed by atoms with Crippen molar-refractivity contribution in [3.05, 3.63) is 70.1 Å². The topological polar surface area (TPSA) is 50.8 Å². The van der Waals surface area contributed by atoms with Crippen LogP contribution in [-0.4, -0.2) is 25.7 Å². The van der Waals surface area contributed by atoms with Gasteiger partial charge in [0.15, 0.2) is 0 Å². The van der Waals surface area contributed by atoms with Crippen molar-refractivity contribution in [2.24, 2.45) is 0 Å². The minimum Gasteiger partial charge on any atom is -0.494 e.